The van der Waals surface area contributed by atoms with Gasteiger partial charge in [0.15, 0.2) is 6.10 Å². The summed E-state index contributed by atoms with van der Waals surface area (Å²) in [6.45, 7) is 6.48. The Morgan fingerprint density at radius 1 is 0.266 bits per heavy atom. The zero-order valence-corrected chi connectivity index (χ0v) is 51.9. The van der Waals surface area contributed by atoms with Crippen LogP contribution in [-0.2, 0) is 28.6 Å². The van der Waals surface area contributed by atoms with Crippen molar-refractivity contribution in [3.63, 3.8) is 0 Å². The van der Waals surface area contributed by atoms with E-state index in [2.05, 4.69) is 130 Å². The van der Waals surface area contributed by atoms with E-state index in [0.29, 0.717) is 19.3 Å². The van der Waals surface area contributed by atoms with Gasteiger partial charge in [0.05, 0.1) is 0 Å². The van der Waals surface area contributed by atoms with Crippen LogP contribution < -0.4 is 0 Å². The third kappa shape index (κ3) is 64.8. The first-order valence-corrected chi connectivity index (χ1v) is 33.4. The fourth-order valence-corrected chi connectivity index (χ4v) is 9.24. The lowest BCUT2D eigenvalue weighted by Crippen LogP contribution is -2.30. The number of carbonyl (C=O) groups excluding carboxylic acids is 3. The van der Waals surface area contributed by atoms with Gasteiger partial charge in [-0.3, -0.25) is 14.4 Å². The van der Waals surface area contributed by atoms with Crippen molar-refractivity contribution in [1.29, 1.82) is 0 Å². The zero-order valence-electron chi connectivity index (χ0n) is 51.9. The molecule has 452 valence electrons. The second-order valence-corrected chi connectivity index (χ2v) is 22.0. The molecule has 0 aromatic rings. The first-order valence-electron chi connectivity index (χ1n) is 33.4. The van der Waals surface area contributed by atoms with Crippen molar-refractivity contribution in [3.05, 3.63) is 109 Å². The SMILES string of the molecule is CC/C=C\C/C=C\C/C=C\C/C=C\C/C=C\C/C=C\CCCCC(=O)OC(COC(=O)CCCCCCC/C=C\CCCCCC)COC(=O)CCCCCCCCCCCCCCCCC/C=C\C/C=C\CCCCCCC. The van der Waals surface area contributed by atoms with Crippen molar-refractivity contribution in [3.8, 4) is 0 Å². The Morgan fingerprint density at radius 3 is 0.823 bits per heavy atom. The summed E-state index contributed by atoms with van der Waals surface area (Å²) in [5, 5.41) is 0. The molecule has 0 fully saturated rings. The lowest BCUT2D eigenvalue weighted by atomic mass is 10.0. The highest BCUT2D eigenvalue weighted by molar-refractivity contribution is 5.71. The molecule has 0 aromatic carbocycles. The van der Waals surface area contributed by atoms with E-state index in [1.165, 1.54) is 161 Å². The van der Waals surface area contributed by atoms with Gasteiger partial charge in [-0.1, -0.05) is 278 Å². The molecule has 0 amide bonds. The monoisotopic (exact) mass is 1100 g/mol. The highest BCUT2D eigenvalue weighted by atomic mass is 16.6. The zero-order chi connectivity index (χ0) is 57.1. The number of hydrogen-bond acceptors (Lipinski definition) is 6. The summed E-state index contributed by atoms with van der Waals surface area (Å²) >= 11 is 0. The molecule has 1 atom stereocenters. The predicted molar refractivity (Wildman–Crippen MR) is 343 cm³/mol. The molecule has 0 aliphatic rings. The van der Waals surface area contributed by atoms with Crippen molar-refractivity contribution in [1.82, 2.24) is 0 Å². The minimum atomic E-state index is -0.807. The maximum atomic E-state index is 12.9. The Labute approximate surface area is 489 Å². The van der Waals surface area contributed by atoms with Crippen LogP contribution in [0.1, 0.15) is 316 Å². The molecule has 0 aliphatic heterocycles. The van der Waals surface area contributed by atoms with Crippen molar-refractivity contribution in [2.45, 2.75) is 322 Å². The first kappa shape index (κ1) is 75.1. The van der Waals surface area contributed by atoms with Gasteiger partial charge in [-0.25, -0.2) is 0 Å². The van der Waals surface area contributed by atoms with E-state index in [4.69, 9.17) is 14.2 Å². The van der Waals surface area contributed by atoms with E-state index in [0.717, 1.165) is 109 Å². The Morgan fingerprint density at radius 2 is 0.494 bits per heavy atom. The van der Waals surface area contributed by atoms with Gasteiger partial charge in [0.2, 0.25) is 0 Å². The fraction of sp³-hybridized carbons (Fsp3) is 0.712. The molecule has 0 rings (SSSR count). The van der Waals surface area contributed by atoms with E-state index < -0.39 is 6.10 Å². The second-order valence-electron chi connectivity index (χ2n) is 22.0. The molecule has 0 aromatic heterocycles. The van der Waals surface area contributed by atoms with Gasteiger partial charge >= 0.3 is 17.9 Å². The third-order valence-electron chi connectivity index (χ3n) is 14.2. The number of hydrogen-bond donors (Lipinski definition) is 0. The topological polar surface area (TPSA) is 78.9 Å². The van der Waals surface area contributed by atoms with Gasteiger partial charge in [-0.2, -0.15) is 0 Å². The lowest BCUT2D eigenvalue weighted by Gasteiger charge is -2.18. The second kappa shape index (κ2) is 66.6. The van der Waals surface area contributed by atoms with Crippen LogP contribution in [0.5, 0.6) is 0 Å². The van der Waals surface area contributed by atoms with Gasteiger partial charge < -0.3 is 14.2 Å². The predicted octanol–water partition coefficient (Wildman–Crippen LogP) is 23.0. The molecule has 0 spiro atoms. The van der Waals surface area contributed by atoms with Crippen LogP contribution >= 0.6 is 0 Å². The smallest absolute Gasteiger partial charge is 0.306 e. The van der Waals surface area contributed by atoms with Crippen LogP contribution in [0, 0.1) is 0 Å². The van der Waals surface area contributed by atoms with E-state index >= 15 is 0 Å². The highest BCUT2D eigenvalue weighted by Crippen LogP contribution is 2.16. The number of rotatable bonds is 60. The third-order valence-corrected chi connectivity index (χ3v) is 14.2. The fourth-order valence-electron chi connectivity index (χ4n) is 9.24. The molecule has 0 saturated heterocycles. The summed E-state index contributed by atoms with van der Waals surface area (Å²) in [7, 11) is 0. The van der Waals surface area contributed by atoms with E-state index in [1.54, 1.807) is 0 Å². The van der Waals surface area contributed by atoms with Gasteiger partial charge in [0.1, 0.15) is 13.2 Å². The number of unbranched alkanes of at least 4 members (excludes halogenated alkanes) is 31. The summed E-state index contributed by atoms with van der Waals surface area (Å²) in [5.74, 6) is -0.943. The van der Waals surface area contributed by atoms with Crippen molar-refractivity contribution in [2.24, 2.45) is 0 Å². The molecule has 0 aliphatic carbocycles. The number of esters is 3. The molecule has 0 heterocycles. The average Bonchev–Trinajstić information content (AvgIpc) is 3.45. The lowest BCUT2D eigenvalue weighted by molar-refractivity contribution is -0.167. The van der Waals surface area contributed by atoms with Crippen LogP contribution in [0.25, 0.3) is 0 Å². The Hall–Kier alpha value is -3.93. The maximum absolute atomic E-state index is 12.9. The van der Waals surface area contributed by atoms with Crippen LogP contribution in [0.15, 0.2) is 109 Å². The largest absolute Gasteiger partial charge is 0.462 e. The Bertz CT molecular complexity index is 1590. The normalized spacial score (nSPS) is 12.8. The molecule has 6 heteroatoms. The highest BCUT2D eigenvalue weighted by Gasteiger charge is 2.19. The van der Waals surface area contributed by atoms with Gasteiger partial charge in [-0.15, -0.1) is 0 Å². The summed E-state index contributed by atoms with van der Waals surface area (Å²) < 4.78 is 16.9. The number of ether oxygens (including phenoxy) is 3. The number of allylic oxidation sites excluding steroid dienone is 18. The summed E-state index contributed by atoms with van der Waals surface area (Å²) in [5.41, 5.74) is 0. The molecule has 6 nitrogen and oxygen atoms in total. The molecule has 0 radical (unpaired) electrons. The van der Waals surface area contributed by atoms with Gasteiger partial charge in [0, 0.05) is 19.3 Å². The molecular weight excluding hydrogens is 973 g/mol. The van der Waals surface area contributed by atoms with Gasteiger partial charge in [-0.05, 0) is 128 Å². The first-order chi connectivity index (χ1) is 39.0. The molecular formula is C73H124O6. The van der Waals surface area contributed by atoms with Crippen LogP contribution in [-0.4, -0.2) is 37.2 Å². The minimum Gasteiger partial charge on any atom is -0.462 e. The van der Waals surface area contributed by atoms with E-state index in [1.807, 2.05) is 0 Å². The molecule has 0 N–H and O–H groups in total. The quantitative estimate of drug-likeness (QED) is 0.0261. The van der Waals surface area contributed by atoms with Gasteiger partial charge in [0.25, 0.3) is 0 Å². The van der Waals surface area contributed by atoms with Crippen molar-refractivity contribution in [2.75, 3.05) is 13.2 Å². The Kier molecular flexibility index (Phi) is 63.3. The maximum Gasteiger partial charge on any atom is 0.306 e. The van der Waals surface area contributed by atoms with Crippen molar-refractivity contribution >= 4 is 17.9 Å². The minimum absolute atomic E-state index is 0.0980. The van der Waals surface area contributed by atoms with E-state index in [-0.39, 0.29) is 37.5 Å². The van der Waals surface area contributed by atoms with Crippen LogP contribution in [0.2, 0.25) is 0 Å². The standard InChI is InChI=1S/C73H124O6/c1-4-7-10-13-16-19-22-25-27-29-31-33-34-35-36-37-38-40-41-43-45-48-51-54-57-60-63-66-72(75)78-69-70(68-77-71(74)65-62-59-56-53-50-47-24-21-18-15-12-9-6-3)79-73(76)67-64-61-58-55-52-49-46-44-42-39-32-30-28-26-23-20-17-14-11-8-5-2/h8,11,17,20-22,24-26,28-29,31-32,39,44,46,52,55,70H,4-7,9-10,12-16,18-19,23,27,30,33-38,40-43,45,47-51,53-54,56-69H2,1-3H3/b11-8-,20-17-,24-21-,25-22-,28-26-,31-29-,39-32-,46-44-,55-52-. The van der Waals surface area contributed by atoms with E-state index in [9.17, 15) is 14.4 Å². The Balaban J connectivity index is 4.35. The summed E-state index contributed by atoms with van der Waals surface area (Å²) in [6.07, 6.45) is 91.1. The average molecular weight is 1100 g/mol. The molecule has 0 saturated carbocycles. The summed E-state index contributed by atoms with van der Waals surface area (Å²) in [6, 6.07) is 0. The van der Waals surface area contributed by atoms with Crippen LogP contribution in [0.3, 0.4) is 0 Å². The molecule has 1 unspecified atom stereocenters. The van der Waals surface area contributed by atoms with Crippen molar-refractivity contribution < 1.29 is 28.6 Å². The summed E-state index contributed by atoms with van der Waals surface area (Å²) in [4.78, 5) is 38.3. The molecule has 79 heavy (non-hydrogen) atoms. The molecule has 0 bridgehead atoms. The number of carbonyl (C=O) groups is 3. The van der Waals surface area contributed by atoms with Crippen LogP contribution in [0.4, 0.5) is 0 Å².